The molecule has 1 aromatic carbocycles. The van der Waals surface area contributed by atoms with Crippen molar-refractivity contribution >= 4 is 17.2 Å². The molecule has 2 aromatic heterocycles. The number of fused-ring (bicyclic) bond motifs is 1. The van der Waals surface area contributed by atoms with Crippen LogP contribution >= 0.6 is 11.6 Å². The fourth-order valence-electron chi connectivity index (χ4n) is 1.78. The van der Waals surface area contributed by atoms with Crippen molar-refractivity contribution in [1.29, 1.82) is 0 Å². The lowest BCUT2D eigenvalue weighted by atomic mass is 10.2. The highest BCUT2D eigenvalue weighted by atomic mass is 35.5. The van der Waals surface area contributed by atoms with Gasteiger partial charge in [0.1, 0.15) is 17.2 Å². The number of rotatable bonds is 3. The predicted octanol–water partition coefficient (Wildman–Crippen LogP) is 3.05. The number of hydrogen-bond acceptors (Lipinski definition) is 4. The van der Waals surface area contributed by atoms with E-state index in [2.05, 4.69) is 19.9 Å². The third kappa shape index (κ3) is 2.39. The average molecular weight is 297 g/mol. The molecule has 0 saturated heterocycles. The summed E-state index contributed by atoms with van der Waals surface area (Å²) >= 11 is 5.76. The van der Waals surface area contributed by atoms with E-state index in [1.807, 2.05) is 0 Å². The Morgan fingerprint density at radius 3 is 2.85 bits per heavy atom. The first-order valence-corrected chi connectivity index (χ1v) is 5.93. The maximum atomic E-state index is 12.2. The second kappa shape index (κ2) is 5.01. The van der Waals surface area contributed by atoms with Crippen LogP contribution in [0.2, 0.25) is 5.15 Å². The van der Waals surface area contributed by atoms with Gasteiger partial charge in [0.2, 0.25) is 0 Å². The van der Waals surface area contributed by atoms with Crippen LogP contribution in [0.1, 0.15) is 0 Å². The van der Waals surface area contributed by atoms with E-state index in [9.17, 15) is 8.78 Å². The molecule has 8 heteroatoms. The van der Waals surface area contributed by atoms with Crippen LogP contribution in [-0.2, 0) is 0 Å². The molecule has 0 atom stereocenters. The van der Waals surface area contributed by atoms with Crippen molar-refractivity contribution in [3.63, 3.8) is 0 Å². The van der Waals surface area contributed by atoms with Crippen LogP contribution in [0.15, 0.2) is 36.7 Å². The highest BCUT2D eigenvalue weighted by molar-refractivity contribution is 6.29. The summed E-state index contributed by atoms with van der Waals surface area (Å²) in [5.41, 5.74) is 1.10. The highest BCUT2D eigenvalue weighted by Crippen LogP contribution is 2.24. The number of aromatic nitrogens is 4. The lowest BCUT2D eigenvalue weighted by molar-refractivity contribution is -0.0498. The number of alkyl halides is 2. The Balaban J connectivity index is 2.06. The van der Waals surface area contributed by atoms with Crippen LogP contribution in [0.25, 0.3) is 17.0 Å². The topological polar surface area (TPSA) is 52.3 Å². The van der Waals surface area contributed by atoms with Gasteiger partial charge in [-0.1, -0.05) is 23.7 Å². The quantitative estimate of drug-likeness (QED) is 0.697. The number of ether oxygens (including phenoxy) is 1. The van der Waals surface area contributed by atoms with E-state index in [0.29, 0.717) is 22.2 Å². The van der Waals surface area contributed by atoms with Crippen LogP contribution in [-0.4, -0.2) is 26.2 Å². The largest absolute Gasteiger partial charge is 0.435 e. The molecule has 0 aliphatic rings. The van der Waals surface area contributed by atoms with Gasteiger partial charge in [-0.3, -0.25) is 4.40 Å². The molecule has 0 spiro atoms. The fourth-order valence-corrected chi connectivity index (χ4v) is 1.92. The third-order valence-electron chi connectivity index (χ3n) is 2.58. The zero-order valence-corrected chi connectivity index (χ0v) is 10.6. The van der Waals surface area contributed by atoms with Gasteiger partial charge in [-0.05, 0) is 12.1 Å². The molecule has 102 valence electrons. The Morgan fingerprint density at radius 1 is 1.20 bits per heavy atom. The molecule has 0 aliphatic heterocycles. The molecule has 0 saturated carbocycles. The number of nitrogens with zero attached hydrogens (tertiary/aromatic N) is 4. The molecule has 0 aliphatic carbocycles. The summed E-state index contributed by atoms with van der Waals surface area (Å²) < 4.78 is 30.4. The predicted molar refractivity (Wildman–Crippen MR) is 67.9 cm³/mol. The van der Waals surface area contributed by atoms with E-state index in [4.69, 9.17) is 11.6 Å². The molecular weight excluding hydrogens is 290 g/mol. The van der Waals surface area contributed by atoms with Crippen molar-refractivity contribution in [1.82, 2.24) is 19.6 Å². The summed E-state index contributed by atoms with van der Waals surface area (Å²) in [5.74, 6) is 0.514. The monoisotopic (exact) mass is 296 g/mol. The van der Waals surface area contributed by atoms with Crippen molar-refractivity contribution in [2.24, 2.45) is 0 Å². The zero-order valence-electron chi connectivity index (χ0n) is 9.87. The van der Waals surface area contributed by atoms with Gasteiger partial charge in [0.15, 0.2) is 11.5 Å². The molecule has 0 fully saturated rings. The Bertz CT molecular complexity index is 762. The molecule has 0 bridgehead atoms. The van der Waals surface area contributed by atoms with Gasteiger partial charge >= 0.3 is 6.61 Å². The van der Waals surface area contributed by atoms with Gasteiger partial charge < -0.3 is 4.74 Å². The van der Waals surface area contributed by atoms with Crippen molar-refractivity contribution in [3.05, 3.63) is 41.8 Å². The Kier molecular flexibility index (Phi) is 3.19. The van der Waals surface area contributed by atoms with Crippen LogP contribution in [0.5, 0.6) is 5.75 Å². The minimum absolute atomic E-state index is 0.0520. The van der Waals surface area contributed by atoms with Crippen LogP contribution in [0.4, 0.5) is 8.78 Å². The maximum Gasteiger partial charge on any atom is 0.387 e. The summed E-state index contributed by atoms with van der Waals surface area (Å²) in [5, 5.41) is 8.24. The second-order valence-electron chi connectivity index (χ2n) is 3.87. The molecule has 0 N–H and O–H groups in total. The summed E-state index contributed by atoms with van der Waals surface area (Å²) in [7, 11) is 0. The SMILES string of the molecule is FC(F)Oc1cccc(-c2nnc3cc(Cl)ncn23)c1. The zero-order chi connectivity index (χ0) is 14.1. The number of halogens is 3. The molecule has 2 heterocycles. The average Bonchev–Trinajstić information content (AvgIpc) is 2.81. The van der Waals surface area contributed by atoms with E-state index < -0.39 is 6.61 Å². The lowest BCUT2D eigenvalue weighted by Crippen LogP contribution is -2.01. The van der Waals surface area contributed by atoms with Gasteiger partial charge in [0.05, 0.1) is 0 Å². The molecule has 0 amide bonds. The molecule has 0 unspecified atom stereocenters. The van der Waals surface area contributed by atoms with Crippen LogP contribution in [0, 0.1) is 0 Å². The molecule has 3 rings (SSSR count). The Hall–Kier alpha value is -2.28. The molecule has 5 nitrogen and oxygen atoms in total. The lowest BCUT2D eigenvalue weighted by Gasteiger charge is -2.05. The first-order valence-electron chi connectivity index (χ1n) is 5.55. The van der Waals surface area contributed by atoms with E-state index in [1.54, 1.807) is 22.6 Å². The first-order chi connectivity index (χ1) is 9.63. The second-order valence-corrected chi connectivity index (χ2v) is 4.26. The molecular formula is C12H7ClF2N4O. The highest BCUT2D eigenvalue weighted by Gasteiger charge is 2.11. The standard InChI is InChI=1S/C12H7ClF2N4O/c13-9-5-10-17-18-11(19(10)6-16-9)7-2-1-3-8(4-7)20-12(14)15/h1-6,12H. The maximum absolute atomic E-state index is 12.2. The summed E-state index contributed by atoms with van der Waals surface area (Å²) in [6.07, 6.45) is 1.47. The van der Waals surface area contributed by atoms with E-state index in [-0.39, 0.29) is 5.75 Å². The van der Waals surface area contributed by atoms with Crippen molar-refractivity contribution in [2.75, 3.05) is 0 Å². The minimum atomic E-state index is -2.87. The van der Waals surface area contributed by atoms with Gasteiger partial charge in [-0.25, -0.2) is 4.98 Å². The molecule has 20 heavy (non-hydrogen) atoms. The van der Waals surface area contributed by atoms with Gasteiger partial charge in [0.25, 0.3) is 0 Å². The van der Waals surface area contributed by atoms with Gasteiger partial charge in [-0.15, -0.1) is 10.2 Å². The van der Waals surface area contributed by atoms with Gasteiger partial charge in [-0.2, -0.15) is 8.78 Å². The van der Waals surface area contributed by atoms with Crippen molar-refractivity contribution in [3.8, 4) is 17.1 Å². The minimum Gasteiger partial charge on any atom is -0.435 e. The Labute approximate surface area is 116 Å². The Morgan fingerprint density at radius 2 is 2.05 bits per heavy atom. The summed E-state index contributed by atoms with van der Waals surface area (Å²) in [4.78, 5) is 3.93. The van der Waals surface area contributed by atoms with Crippen LogP contribution in [0.3, 0.4) is 0 Å². The first kappa shape index (κ1) is 12.7. The fraction of sp³-hybridized carbons (Fsp3) is 0.0833. The molecule has 0 radical (unpaired) electrons. The van der Waals surface area contributed by atoms with E-state index in [1.165, 1.54) is 18.5 Å². The van der Waals surface area contributed by atoms with E-state index in [0.717, 1.165) is 0 Å². The van der Waals surface area contributed by atoms with Gasteiger partial charge in [0, 0.05) is 11.6 Å². The summed E-state index contributed by atoms with van der Waals surface area (Å²) in [6.45, 7) is -2.87. The third-order valence-corrected chi connectivity index (χ3v) is 2.79. The smallest absolute Gasteiger partial charge is 0.387 e. The number of benzene rings is 1. The van der Waals surface area contributed by atoms with Crippen molar-refractivity contribution in [2.45, 2.75) is 6.61 Å². The summed E-state index contributed by atoms with van der Waals surface area (Å²) in [6, 6.07) is 7.75. The van der Waals surface area contributed by atoms with Crippen LogP contribution < -0.4 is 4.74 Å². The van der Waals surface area contributed by atoms with Crippen molar-refractivity contribution < 1.29 is 13.5 Å². The number of hydrogen-bond donors (Lipinski definition) is 0. The van der Waals surface area contributed by atoms with E-state index >= 15 is 0 Å². The normalized spacial score (nSPS) is 11.2. The molecule has 3 aromatic rings.